The van der Waals surface area contributed by atoms with E-state index in [1.165, 1.54) is 25.0 Å². The van der Waals surface area contributed by atoms with Crippen LogP contribution in [0.15, 0.2) is 18.2 Å². The molecule has 0 saturated carbocycles. The van der Waals surface area contributed by atoms with E-state index in [-0.39, 0.29) is 0 Å². The quantitative estimate of drug-likeness (QED) is 0.820. The third-order valence-corrected chi connectivity index (χ3v) is 3.89. The molecule has 1 unspecified atom stereocenters. The number of anilines is 1. The lowest BCUT2D eigenvalue weighted by molar-refractivity contribution is 0.378. The van der Waals surface area contributed by atoms with E-state index in [4.69, 9.17) is 5.73 Å². The van der Waals surface area contributed by atoms with E-state index < -0.39 is 0 Å². The van der Waals surface area contributed by atoms with Crippen molar-refractivity contribution in [3.8, 4) is 0 Å². The average Bonchev–Trinajstić information content (AvgIpc) is 2.84. The molecule has 1 fully saturated rings. The largest absolute Gasteiger partial charge is 0.399 e. The van der Waals surface area contributed by atoms with Gasteiger partial charge in [-0.3, -0.25) is 0 Å². The van der Waals surface area contributed by atoms with Gasteiger partial charge in [0, 0.05) is 18.8 Å². The molecule has 0 bridgehead atoms. The number of aromatic nitrogens is 2. The van der Waals surface area contributed by atoms with Gasteiger partial charge in [-0.1, -0.05) is 0 Å². The number of nitrogens with two attached hydrogens (primary N) is 1. The average molecular weight is 244 g/mol. The smallest absolute Gasteiger partial charge is 0.106 e. The summed E-state index contributed by atoms with van der Waals surface area (Å²) in [5.74, 6) is 1.83. The van der Waals surface area contributed by atoms with E-state index in [2.05, 4.69) is 34.5 Å². The number of likely N-dealkylation sites (tertiary alicyclic amines) is 1. The zero-order valence-electron chi connectivity index (χ0n) is 11.1. The molecule has 1 aromatic carbocycles. The van der Waals surface area contributed by atoms with Crippen LogP contribution in [0, 0.1) is 12.8 Å². The summed E-state index contributed by atoms with van der Waals surface area (Å²) in [6.45, 7) is 5.54. The molecule has 18 heavy (non-hydrogen) atoms. The first kappa shape index (κ1) is 11.5. The number of fused-ring (bicyclic) bond motifs is 1. The summed E-state index contributed by atoms with van der Waals surface area (Å²) >= 11 is 0. The van der Waals surface area contributed by atoms with Crippen molar-refractivity contribution >= 4 is 16.7 Å². The van der Waals surface area contributed by atoms with Gasteiger partial charge in [0.25, 0.3) is 0 Å². The summed E-state index contributed by atoms with van der Waals surface area (Å²) in [5.41, 5.74) is 8.81. The minimum Gasteiger partial charge on any atom is -0.399 e. The Bertz CT molecular complexity index is 572. The highest BCUT2D eigenvalue weighted by Crippen LogP contribution is 2.23. The number of hydrogen-bond acceptors (Lipinski definition) is 3. The Balaban J connectivity index is 1.93. The van der Waals surface area contributed by atoms with Crippen LogP contribution < -0.4 is 5.73 Å². The van der Waals surface area contributed by atoms with E-state index in [1.807, 2.05) is 12.1 Å². The van der Waals surface area contributed by atoms with Gasteiger partial charge in [0.2, 0.25) is 0 Å². The molecule has 2 heterocycles. The van der Waals surface area contributed by atoms with Crippen LogP contribution in [0.2, 0.25) is 0 Å². The molecule has 2 N–H and O–H groups in total. The topological polar surface area (TPSA) is 47.1 Å². The van der Waals surface area contributed by atoms with Gasteiger partial charge in [-0.05, 0) is 51.1 Å². The Kier molecular flexibility index (Phi) is 2.74. The Hall–Kier alpha value is -1.55. The van der Waals surface area contributed by atoms with Gasteiger partial charge in [0.05, 0.1) is 11.0 Å². The standard InChI is InChI=1S/C14H20N4/c1-10-16-13-7-12(15)3-4-14(13)18(10)9-11-5-6-17(2)8-11/h3-4,7,11H,5-6,8-9,15H2,1-2H3. The van der Waals surface area contributed by atoms with Gasteiger partial charge in [-0.25, -0.2) is 4.98 Å². The van der Waals surface area contributed by atoms with Crippen molar-refractivity contribution in [2.24, 2.45) is 5.92 Å². The first-order chi connectivity index (χ1) is 8.63. The Morgan fingerprint density at radius 2 is 2.28 bits per heavy atom. The van der Waals surface area contributed by atoms with Crippen LogP contribution in [-0.2, 0) is 6.54 Å². The molecule has 0 aliphatic carbocycles. The zero-order valence-corrected chi connectivity index (χ0v) is 11.1. The molecule has 4 nitrogen and oxygen atoms in total. The summed E-state index contributed by atoms with van der Waals surface area (Å²) in [7, 11) is 2.19. The normalized spacial score (nSPS) is 20.9. The highest BCUT2D eigenvalue weighted by molar-refractivity contribution is 5.79. The van der Waals surface area contributed by atoms with E-state index in [0.717, 1.165) is 29.5 Å². The van der Waals surface area contributed by atoms with Gasteiger partial charge in [0.15, 0.2) is 0 Å². The summed E-state index contributed by atoms with van der Waals surface area (Å²) in [6, 6.07) is 6.00. The Morgan fingerprint density at radius 1 is 1.44 bits per heavy atom. The molecule has 3 rings (SSSR count). The lowest BCUT2D eigenvalue weighted by atomic mass is 10.1. The number of rotatable bonds is 2. The van der Waals surface area contributed by atoms with Crippen LogP contribution >= 0.6 is 0 Å². The second kappa shape index (κ2) is 4.28. The molecule has 1 saturated heterocycles. The molecule has 1 atom stereocenters. The molecule has 1 aromatic heterocycles. The maximum atomic E-state index is 5.81. The van der Waals surface area contributed by atoms with Crippen LogP contribution in [0.3, 0.4) is 0 Å². The van der Waals surface area contributed by atoms with Crippen molar-refractivity contribution in [3.63, 3.8) is 0 Å². The lowest BCUT2D eigenvalue weighted by Crippen LogP contribution is -2.17. The van der Waals surface area contributed by atoms with E-state index in [9.17, 15) is 0 Å². The van der Waals surface area contributed by atoms with Crippen molar-refractivity contribution < 1.29 is 0 Å². The van der Waals surface area contributed by atoms with Gasteiger partial charge in [-0.15, -0.1) is 0 Å². The molecule has 0 radical (unpaired) electrons. The molecule has 0 amide bonds. The minimum absolute atomic E-state index is 0.739. The molecule has 96 valence electrons. The number of nitrogens with zero attached hydrogens (tertiary/aromatic N) is 3. The summed E-state index contributed by atoms with van der Waals surface area (Å²) in [5, 5.41) is 0. The predicted octanol–water partition coefficient (Wildman–Crippen LogP) is 1.88. The molecular formula is C14H20N4. The summed E-state index contributed by atoms with van der Waals surface area (Å²) < 4.78 is 2.33. The maximum Gasteiger partial charge on any atom is 0.106 e. The first-order valence-corrected chi connectivity index (χ1v) is 6.54. The van der Waals surface area contributed by atoms with Crippen LogP contribution in [0.5, 0.6) is 0 Å². The predicted molar refractivity (Wildman–Crippen MR) is 74.5 cm³/mol. The van der Waals surface area contributed by atoms with E-state index >= 15 is 0 Å². The highest BCUT2D eigenvalue weighted by atomic mass is 15.1. The monoisotopic (exact) mass is 244 g/mol. The fourth-order valence-corrected chi connectivity index (χ4v) is 2.93. The first-order valence-electron chi connectivity index (χ1n) is 6.54. The van der Waals surface area contributed by atoms with Crippen molar-refractivity contribution in [1.82, 2.24) is 14.5 Å². The third-order valence-electron chi connectivity index (χ3n) is 3.89. The molecule has 1 aliphatic heterocycles. The number of nitrogen functional groups attached to an aromatic ring is 1. The van der Waals surface area contributed by atoms with E-state index in [1.54, 1.807) is 0 Å². The van der Waals surface area contributed by atoms with Crippen LogP contribution in [0.1, 0.15) is 12.2 Å². The second-order valence-electron chi connectivity index (χ2n) is 5.43. The molecule has 2 aromatic rings. The van der Waals surface area contributed by atoms with Gasteiger partial charge in [0.1, 0.15) is 5.82 Å². The molecule has 4 heteroatoms. The molecule has 1 aliphatic rings. The van der Waals surface area contributed by atoms with Crippen molar-refractivity contribution in [3.05, 3.63) is 24.0 Å². The van der Waals surface area contributed by atoms with Crippen LogP contribution in [0.4, 0.5) is 5.69 Å². The Morgan fingerprint density at radius 3 is 3.00 bits per heavy atom. The second-order valence-corrected chi connectivity index (χ2v) is 5.43. The fourth-order valence-electron chi connectivity index (χ4n) is 2.93. The zero-order chi connectivity index (χ0) is 12.7. The van der Waals surface area contributed by atoms with Gasteiger partial charge < -0.3 is 15.2 Å². The van der Waals surface area contributed by atoms with Crippen molar-refractivity contribution in [2.45, 2.75) is 19.9 Å². The summed E-state index contributed by atoms with van der Waals surface area (Å²) in [4.78, 5) is 7.00. The number of aryl methyl sites for hydroxylation is 1. The van der Waals surface area contributed by atoms with Crippen LogP contribution in [-0.4, -0.2) is 34.6 Å². The highest BCUT2D eigenvalue weighted by Gasteiger charge is 2.21. The Labute approximate surface area is 107 Å². The molecule has 0 spiro atoms. The minimum atomic E-state index is 0.739. The lowest BCUT2D eigenvalue weighted by Gasteiger charge is -2.13. The fraction of sp³-hybridized carbons (Fsp3) is 0.500. The maximum absolute atomic E-state index is 5.81. The number of benzene rings is 1. The summed E-state index contributed by atoms with van der Waals surface area (Å²) in [6.07, 6.45) is 1.28. The van der Waals surface area contributed by atoms with Crippen molar-refractivity contribution in [2.75, 3.05) is 25.9 Å². The van der Waals surface area contributed by atoms with Crippen LogP contribution in [0.25, 0.3) is 11.0 Å². The van der Waals surface area contributed by atoms with Gasteiger partial charge >= 0.3 is 0 Å². The van der Waals surface area contributed by atoms with E-state index in [0.29, 0.717) is 0 Å². The number of imidazole rings is 1. The third kappa shape index (κ3) is 1.97. The SMILES string of the molecule is Cc1nc2cc(N)ccc2n1CC1CCN(C)C1. The van der Waals surface area contributed by atoms with Gasteiger partial charge in [-0.2, -0.15) is 0 Å². The molecular weight excluding hydrogens is 224 g/mol. The number of hydrogen-bond donors (Lipinski definition) is 1. The van der Waals surface area contributed by atoms with Crippen molar-refractivity contribution in [1.29, 1.82) is 0 Å².